The first kappa shape index (κ1) is 46.0. The number of rotatable bonds is 20. The van der Waals surface area contributed by atoms with E-state index in [2.05, 4.69) is 27.8 Å². The van der Waals surface area contributed by atoms with Gasteiger partial charge in [-0.2, -0.15) is 0 Å². The van der Waals surface area contributed by atoms with Crippen LogP contribution in [0.4, 0.5) is 0 Å². The minimum atomic E-state index is -0.759. The number of benzene rings is 1. The molecule has 0 aliphatic carbocycles. The molecule has 1 aromatic rings. The highest BCUT2D eigenvalue weighted by Crippen LogP contribution is 2.30. The number of hydrogen-bond acceptors (Lipinski definition) is 9. The lowest BCUT2D eigenvalue weighted by atomic mass is 9.89. The second-order valence-electron chi connectivity index (χ2n) is 16.3. The van der Waals surface area contributed by atoms with Crippen molar-refractivity contribution in [3.63, 3.8) is 0 Å². The average molecular weight is 771 g/mol. The maximum absolute atomic E-state index is 14.4. The molecule has 4 amide bonds. The molecule has 3 N–H and O–H groups in total. The number of likely N-dealkylation sites (N-methyl/N-ethyl adjacent to an activating group) is 1. The lowest BCUT2D eigenvalue weighted by Gasteiger charge is -2.41. The van der Waals surface area contributed by atoms with Crippen molar-refractivity contribution < 1.29 is 33.4 Å². The van der Waals surface area contributed by atoms with Crippen molar-refractivity contribution in [2.75, 3.05) is 54.0 Å². The average Bonchev–Trinajstić information content (AvgIpc) is 3.66. The van der Waals surface area contributed by atoms with Gasteiger partial charge in [0.1, 0.15) is 6.04 Å². The van der Waals surface area contributed by atoms with Crippen LogP contribution in [-0.4, -0.2) is 141 Å². The number of hydrogen-bond donors (Lipinski definition) is 3. The van der Waals surface area contributed by atoms with Crippen LogP contribution in [0.25, 0.3) is 0 Å². The molecule has 13 heteroatoms. The van der Waals surface area contributed by atoms with Gasteiger partial charge in [0.25, 0.3) is 0 Å². The summed E-state index contributed by atoms with van der Waals surface area (Å²) < 4.78 is 12.0. The fourth-order valence-electron chi connectivity index (χ4n) is 8.39. The second-order valence-corrected chi connectivity index (χ2v) is 16.3. The normalized spacial score (nSPS) is 20.9. The summed E-state index contributed by atoms with van der Waals surface area (Å²) in [4.78, 5) is 74.5. The highest BCUT2D eigenvalue weighted by atomic mass is 16.5. The van der Waals surface area contributed by atoms with E-state index in [1.165, 1.54) is 0 Å². The number of piperazine rings is 1. The molecule has 3 rings (SSSR count). The number of carbonyl (C=O) groups excluding carboxylic acids is 5. The molecular formula is C42H70N6O7. The Morgan fingerprint density at radius 3 is 2.05 bits per heavy atom. The molecule has 2 aliphatic rings. The summed E-state index contributed by atoms with van der Waals surface area (Å²) in [6.45, 7) is 19.1. The quantitative estimate of drug-likeness (QED) is 0.170. The number of Topliss-reactive ketones (excluding diaryl/α,β-unsaturated/α-hetero) is 1. The van der Waals surface area contributed by atoms with Crippen molar-refractivity contribution in [1.82, 2.24) is 30.7 Å². The van der Waals surface area contributed by atoms with Gasteiger partial charge in [-0.1, -0.05) is 85.2 Å². The van der Waals surface area contributed by atoms with Gasteiger partial charge in [-0.05, 0) is 37.5 Å². The monoisotopic (exact) mass is 771 g/mol. The molecule has 0 spiro atoms. The van der Waals surface area contributed by atoms with Gasteiger partial charge in [0.15, 0.2) is 5.78 Å². The maximum atomic E-state index is 14.4. The van der Waals surface area contributed by atoms with Crippen LogP contribution in [0.3, 0.4) is 0 Å². The summed E-state index contributed by atoms with van der Waals surface area (Å²) in [5.74, 6) is -1.80. The summed E-state index contributed by atoms with van der Waals surface area (Å²) in [6, 6.07) is 6.19. The number of likely N-dealkylation sites (tertiary alicyclic amines) is 1. The van der Waals surface area contributed by atoms with Crippen LogP contribution in [0, 0.1) is 23.7 Å². The van der Waals surface area contributed by atoms with Crippen LogP contribution in [0.5, 0.6) is 0 Å². The number of amides is 4. The summed E-state index contributed by atoms with van der Waals surface area (Å²) in [6.07, 6.45) is 0.940. The summed E-state index contributed by atoms with van der Waals surface area (Å²) in [5.41, 5.74) is 0.518. The zero-order valence-electron chi connectivity index (χ0n) is 35.3. The van der Waals surface area contributed by atoms with Gasteiger partial charge in [0.2, 0.25) is 23.6 Å². The van der Waals surface area contributed by atoms with Crippen molar-refractivity contribution >= 4 is 29.4 Å². The molecule has 310 valence electrons. The minimum absolute atomic E-state index is 0.0233. The van der Waals surface area contributed by atoms with E-state index in [-0.39, 0.29) is 65.7 Å². The predicted octanol–water partition coefficient (Wildman–Crippen LogP) is 3.36. The van der Waals surface area contributed by atoms with E-state index in [4.69, 9.17) is 9.47 Å². The molecule has 2 aliphatic heterocycles. The third-order valence-corrected chi connectivity index (χ3v) is 11.7. The standard InChI is InChI=1S/C42H70N6O7/c1-12-28(6)37(46(9)42(53)35(26(2)3)45-41(52)36(27(4)5)47-23-20-43-21-24-47)33(54-10)25-34(49)48-22-16-19-32(48)39(55-11)29(7)40(51)44-30(8)38(50)31-17-14-13-15-18-31/h13-15,17-18,26-30,32-33,35-37,39,43H,12,16,19-25H2,1-11H3,(H,44,51)(H,45,52)/t28-,29+,30+,32-,33+,35-,36-,37-,39+/m0/s1. The summed E-state index contributed by atoms with van der Waals surface area (Å²) in [7, 11) is 4.86. The summed E-state index contributed by atoms with van der Waals surface area (Å²) >= 11 is 0. The van der Waals surface area contributed by atoms with Crippen molar-refractivity contribution in [3.05, 3.63) is 35.9 Å². The van der Waals surface area contributed by atoms with E-state index in [1.807, 2.05) is 40.7 Å². The predicted molar refractivity (Wildman–Crippen MR) is 214 cm³/mol. The number of nitrogens with one attached hydrogen (secondary N) is 3. The first-order valence-electron chi connectivity index (χ1n) is 20.4. The number of carbonyl (C=O) groups is 5. The Morgan fingerprint density at radius 2 is 1.51 bits per heavy atom. The Balaban J connectivity index is 1.76. The van der Waals surface area contributed by atoms with Crippen LogP contribution in [0.1, 0.15) is 91.4 Å². The molecule has 0 saturated carbocycles. The number of methoxy groups -OCH3 is 2. The zero-order valence-corrected chi connectivity index (χ0v) is 35.3. The Morgan fingerprint density at radius 1 is 0.873 bits per heavy atom. The van der Waals surface area contributed by atoms with E-state index >= 15 is 0 Å². The molecule has 2 fully saturated rings. The van der Waals surface area contributed by atoms with Crippen LogP contribution in [0.2, 0.25) is 0 Å². The van der Waals surface area contributed by atoms with Gasteiger partial charge >= 0.3 is 0 Å². The second kappa shape index (κ2) is 21.8. The van der Waals surface area contributed by atoms with Crippen molar-refractivity contribution in [2.24, 2.45) is 23.7 Å². The van der Waals surface area contributed by atoms with Crippen LogP contribution in [-0.2, 0) is 28.7 Å². The van der Waals surface area contributed by atoms with Crippen molar-refractivity contribution in [2.45, 2.75) is 123 Å². The molecule has 0 bridgehead atoms. The fourth-order valence-corrected chi connectivity index (χ4v) is 8.39. The zero-order chi connectivity index (χ0) is 41.0. The van der Waals surface area contributed by atoms with E-state index in [0.29, 0.717) is 18.5 Å². The van der Waals surface area contributed by atoms with E-state index < -0.39 is 36.3 Å². The van der Waals surface area contributed by atoms with Crippen LogP contribution in [0.15, 0.2) is 30.3 Å². The molecule has 13 nitrogen and oxygen atoms in total. The fraction of sp³-hybridized carbons (Fsp3) is 0.738. The Hall–Kier alpha value is -3.39. The molecule has 0 unspecified atom stereocenters. The molecule has 0 aromatic heterocycles. The highest BCUT2D eigenvalue weighted by molar-refractivity contribution is 6.01. The van der Waals surface area contributed by atoms with Crippen molar-refractivity contribution in [3.8, 4) is 0 Å². The number of ketones is 1. The Bertz CT molecular complexity index is 1400. The lowest BCUT2D eigenvalue weighted by Crippen LogP contribution is -2.61. The van der Waals surface area contributed by atoms with E-state index in [0.717, 1.165) is 39.0 Å². The Kier molecular flexibility index (Phi) is 18.2. The molecule has 9 atom stereocenters. The largest absolute Gasteiger partial charge is 0.379 e. The smallest absolute Gasteiger partial charge is 0.245 e. The first-order valence-corrected chi connectivity index (χ1v) is 20.4. The van der Waals surface area contributed by atoms with Crippen LogP contribution < -0.4 is 16.0 Å². The maximum Gasteiger partial charge on any atom is 0.245 e. The topological polar surface area (TPSA) is 150 Å². The lowest BCUT2D eigenvalue weighted by molar-refractivity contribution is -0.148. The first-order chi connectivity index (χ1) is 26.1. The molecule has 1 aromatic carbocycles. The number of ether oxygens (including phenoxy) is 2. The number of nitrogens with zero attached hydrogens (tertiary/aromatic N) is 3. The highest BCUT2D eigenvalue weighted by Gasteiger charge is 2.43. The summed E-state index contributed by atoms with van der Waals surface area (Å²) in [5, 5.41) is 9.33. The molecule has 55 heavy (non-hydrogen) atoms. The molecular weight excluding hydrogens is 700 g/mol. The third kappa shape index (κ3) is 11.8. The SMILES string of the molecule is CC[C@H](C)[C@@H]([C@@H](CC(=O)N1CCC[C@H]1[C@H](OC)[C@@H](C)C(=O)N[C@H](C)C(=O)c1ccccc1)OC)N(C)C(=O)[C@@H](NC(=O)[C@H](C(C)C)N1CCNCC1)C(C)C. The Labute approximate surface area is 330 Å². The van der Waals surface area contributed by atoms with Crippen molar-refractivity contribution in [1.29, 1.82) is 0 Å². The van der Waals surface area contributed by atoms with Gasteiger partial charge < -0.3 is 35.2 Å². The van der Waals surface area contributed by atoms with Gasteiger partial charge in [-0.15, -0.1) is 0 Å². The van der Waals surface area contributed by atoms with Gasteiger partial charge in [0.05, 0.1) is 48.7 Å². The van der Waals surface area contributed by atoms with Gasteiger partial charge in [-0.3, -0.25) is 28.9 Å². The molecule has 2 heterocycles. The third-order valence-electron chi connectivity index (χ3n) is 11.7. The van der Waals surface area contributed by atoms with E-state index in [1.54, 1.807) is 69.2 Å². The molecule has 2 saturated heterocycles. The van der Waals surface area contributed by atoms with E-state index in [9.17, 15) is 24.0 Å². The van der Waals surface area contributed by atoms with Gasteiger partial charge in [0, 0.05) is 59.6 Å². The van der Waals surface area contributed by atoms with Gasteiger partial charge in [-0.25, -0.2) is 0 Å². The molecule has 0 radical (unpaired) electrons. The van der Waals surface area contributed by atoms with Crippen LogP contribution >= 0.6 is 0 Å². The minimum Gasteiger partial charge on any atom is -0.379 e.